The minimum Gasteiger partial charge on any atom is -0.392 e. The molecule has 6 heteroatoms. The number of hydrogen-bond donors (Lipinski definition) is 3. The van der Waals surface area contributed by atoms with E-state index >= 15 is 0 Å². The van der Waals surface area contributed by atoms with E-state index in [-0.39, 0.29) is 12.1 Å². The topological polar surface area (TPSA) is 75.0 Å². The number of nitrogens with one attached hydrogen (secondary N) is 2. The summed E-state index contributed by atoms with van der Waals surface area (Å²) in [6.07, 6.45) is 0.435. The summed E-state index contributed by atoms with van der Waals surface area (Å²) in [7, 11) is 3.72. The van der Waals surface area contributed by atoms with E-state index in [1.807, 2.05) is 18.7 Å². The highest BCUT2D eigenvalue weighted by Crippen LogP contribution is 2.22. The number of β-amino-alcohol motifs (C(OH)–C–C–N with tert-alkyl or cyclic N) is 1. The van der Waals surface area contributed by atoms with E-state index in [0.29, 0.717) is 13.0 Å². The minimum absolute atomic E-state index is 0.115. The molecule has 0 amide bonds. The smallest absolute Gasteiger partial charge is 0.224 e. The Morgan fingerprint density at radius 1 is 1.57 bits per heavy atom. The van der Waals surface area contributed by atoms with Gasteiger partial charge in [-0.1, -0.05) is 0 Å². The van der Waals surface area contributed by atoms with Gasteiger partial charge in [0, 0.05) is 20.6 Å². The number of aromatic nitrogens is 3. The summed E-state index contributed by atoms with van der Waals surface area (Å²) in [6, 6.07) is 0.115. The molecule has 1 aliphatic rings. The van der Waals surface area contributed by atoms with Crippen molar-refractivity contribution in [2.45, 2.75) is 18.6 Å². The highest BCUT2D eigenvalue weighted by atomic mass is 16.3. The first-order valence-electron chi connectivity index (χ1n) is 4.71. The van der Waals surface area contributed by atoms with Crippen molar-refractivity contribution in [3.63, 3.8) is 0 Å². The molecule has 0 unspecified atom stereocenters. The Labute approximate surface area is 82.3 Å². The maximum Gasteiger partial charge on any atom is 0.224 e. The summed E-state index contributed by atoms with van der Waals surface area (Å²) >= 11 is 0. The zero-order chi connectivity index (χ0) is 10.1. The van der Waals surface area contributed by atoms with Gasteiger partial charge in [0.15, 0.2) is 5.82 Å². The summed E-state index contributed by atoms with van der Waals surface area (Å²) in [5.74, 6) is 1.61. The van der Waals surface area contributed by atoms with Crippen LogP contribution in [0.2, 0.25) is 0 Å². The number of aliphatic hydroxyl groups excluding tert-OH is 1. The quantitative estimate of drug-likeness (QED) is 0.582. The van der Waals surface area contributed by atoms with Crippen LogP contribution in [0.15, 0.2) is 0 Å². The standard InChI is InChI=1S/C8H15N5O/c1-9-8-12-11-7(13(8)2)6-3-5(14)4-10-6/h5-6,10,14H,3-4H2,1-2H3,(H,9,12)/t5-,6-/m1/s1. The molecular weight excluding hydrogens is 182 g/mol. The van der Waals surface area contributed by atoms with Crippen LogP contribution in [0.4, 0.5) is 5.95 Å². The van der Waals surface area contributed by atoms with Crippen LogP contribution < -0.4 is 10.6 Å². The Morgan fingerprint density at radius 2 is 2.36 bits per heavy atom. The van der Waals surface area contributed by atoms with Crippen LogP contribution in [-0.2, 0) is 7.05 Å². The van der Waals surface area contributed by atoms with Crippen molar-refractivity contribution in [2.75, 3.05) is 18.9 Å². The van der Waals surface area contributed by atoms with Crippen LogP contribution in [0.1, 0.15) is 18.3 Å². The zero-order valence-corrected chi connectivity index (χ0v) is 8.36. The highest BCUT2D eigenvalue weighted by molar-refractivity contribution is 5.25. The molecule has 1 aliphatic heterocycles. The highest BCUT2D eigenvalue weighted by Gasteiger charge is 2.27. The van der Waals surface area contributed by atoms with E-state index in [9.17, 15) is 5.11 Å². The first kappa shape index (κ1) is 9.42. The van der Waals surface area contributed by atoms with Gasteiger partial charge in [-0.3, -0.25) is 4.57 Å². The van der Waals surface area contributed by atoms with Crippen LogP contribution in [0.25, 0.3) is 0 Å². The van der Waals surface area contributed by atoms with E-state index < -0.39 is 0 Å². The molecule has 14 heavy (non-hydrogen) atoms. The average Bonchev–Trinajstić information content (AvgIpc) is 2.72. The van der Waals surface area contributed by atoms with E-state index in [1.54, 1.807) is 0 Å². The average molecular weight is 197 g/mol. The van der Waals surface area contributed by atoms with Gasteiger partial charge >= 0.3 is 0 Å². The normalized spacial score (nSPS) is 26.8. The molecule has 0 radical (unpaired) electrons. The predicted octanol–water partition coefficient (Wildman–Crippen LogP) is -0.748. The Hall–Kier alpha value is -1.14. The molecule has 2 heterocycles. The molecular formula is C8H15N5O. The molecule has 6 nitrogen and oxygen atoms in total. The monoisotopic (exact) mass is 197 g/mol. The second-order valence-electron chi connectivity index (χ2n) is 3.54. The van der Waals surface area contributed by atoms with E-state index in [0.717, 1.165) is 11.8 Å². The van der Waals surface area contributed by atoms with Crippen molar-refractivity contribution in [1.29, 1.82) is 0 Å². The van der Waals surface area contributed by atoms with Gasteiger partial charge in [0.2, 0.25) is 5.95 Å². The van der Waals surface area contributed by atoms with Crippen molar-refractivity contribution in [3.05, 3.63) is 5.82 Å². The molecule has 3 N–H and O–H groups in total. The van der Waals surface area contributed by atoms with Gasteiger partial charge < -0.3 is 15.7 Å². The molecule has 1 aromatic heterocycles. The summed E-state index contributed by atoms with van der Waals surface area (Å²) in [6.45, 7) is 0.631. The Bertz CT molecular complexity index is 324. The summed E-state index contributed by atoms with van der Waals surface area (Å²) in [5.41, 5.74) is 0. The van der Waals surface area contributed by atoms with Crippen LogP contribution in [0.3, 0.4) is 0 Å². The van der Waals surface area contributed by atoms with Crippen molar-refractivity contribution >= 4 is 5.95 Å². The molecule has 0 saturated carbocycles. The first-order valence-corrected chi connectivity index (χ1v) is 4.71. The zero-order valence-electron chi connectivity index (χ0n) is 8.36. The maximum atomic E-state index is 9.38. The fraction of sp³-hybridized carbons (Fsp3) is 0.750. The van der Waals surface area contributed by atoms with Crippen LogP contribution in [0, 0.1) is 0 Å². The van der Waals surface area contributed by atoms with Gasteiger partial charge in [-0.05, 0) is 6.42 Å². The lowest BCUT2D eigenvalue weighted by molar-refractivity contribution is 0.193. The van der Waals surface area contributed by atoms with Crippen molar-refractivity contribution in [3.8, 4) is 0 Å². The lowest BCUT2D eigenvalue weighted by Crippen LogP contribution is -2.18. The molecule has 0 aromatic carbocycles. The first-order chi connectivity index (χ1) is 6.72. The van der Waals surface area contributed by atoms with Gasteiger partial charge in [-0.2, -0.15) is 0 Å². The van der Waals surface area contributed by atoms with Crippen LogP contribution in [-0.4, -0.2) is 39.6 Å². The second kappa shape index (κ2) is 3.55. The van der Waals surface area contributed by atoms with Crippen molar-refractivity contribution < 1.29 is 5.11 Å². The summed E-state index contributed by atoms with van der Waals surface area (Å²) < 4.78 is 1.90. The van der Waals surface area contributed by atoms with Crippen LogP contribution >= 0.6 is 0 Å². The predicted molar refractivity (Wildman–Crippen MR) is 51.9 cm³/mol. The van der Waals surface area contributed by atoms with Crippen molar-refractivity contribution in [2.24, 2.45) is 7.05 Å². The number of nitrogens with zero attached hydrogens (tertiary/aromatic N) is 3. The van der Waals surface area contributed by atoms with E-state index in [4.69, 9.17) is 0 Å². The fourth-order valence-electron chi connectivity index (χ4n) is 1.78. The lowest BCUT2D eigenvalue weighted by atomic mass is 10.2. The molecule has 0 bridgehead atoms. The van der Waals surface area contributed by atoms with Crippen LogP contribution in [0.5, 0.6) is 0 Å². The third kappa shape index (κ3) is 1.46. The minimum atomic E-state index is -0.269. The summed E-state index contributed by atoms with van der Waals surface area (Å²) in [4.78, 5) is 0. The second-order valence-corrected chi connectivity index (χ2v) is 3.54. The fourth-order valence-corrected chi connectivity index (χ4v) is 1.78. The molecule has 1 saturated heterocycles. The van der Waals surface area contributed by atoms with E-state index in [2.05, 4.69) is 20.8 Å². The Morgan fingerprint density at radius 3 is 2.86 bits per heavy atom. The molecule has 0 aliphatic carbocycles. The van der Waals surface area contributed by atoms with Gasteiger partial charge in [0.25, 0.3) is 0 Å². The Balaban J connectivity index is 2.20. The number of rotatable bonds is 2. The third-order valence-electron chi connectivity index (χ3n) is 2.55. The summed E-state index contributed by atoms with van der Waals surface area (Å²) in [5, 5.41) is 23.6. The van der Waals surface area contributed by atoms with E-state index in [1.165, 1.54) is 0 Å². The van der Waals surface area contributed by atoms with Crippen molar-refractivity contribution in [1.82, 2.24) is 20.1 Å². The molecule has 0 spiro atoms. The van der Waals surface area contributed by atoms with Gasteiger partial charge in [0.05, 0.1) is 12.1 Å². The number of anilines is 1. The molecule has 78 valence electrons. The molecule has 2 rings (SSSR count). The molecule has 2 atom stereocenters. The molecule has 1 aromatic rings. The van der Waals surface area contributed by atoms with Gasteiger partial charge in [0.1, 0.15) is 0 Å². The number of aliphatic hydroxyl groups is 1. The molecule has 1 fully saturated rings. The maximum absolute atomic E-state index is 9.38. The third-order valence-corrected chi connectivity index (χ3v) is 2.55. The van der Waals surface area contributed by atoms with Gasteiger partial charge in [-0.15, -0.1) is 10.2 Å². The SMILES string of the molecule is CNc1nnc([C@H]2C[C@@H](O)CN2)n1C. The Kier molecular flexibility index (Phi) is 2.39. The number of hydrogen-bond acceptors (Lipinski definition) is 5. The van der Waals surface area contributed by atoms with Gasteiger partial charge in [-0.25, -0.2) is 0 Å². The largest absolute Gasteiger partial charge is 0.392 e. The lowest BCUT2D eigenvalue weighted by Gasteiger charge is -2.09.